The summed E-state index contributed by atoms with van der Waals surface area (Å²) in [6.45, 7) is 5.92. The van der Waals surface area contributed by atoms with Gasteiger partial charge in [0.1, 0.15) is 0 Å². The van der Waals surface area contributed by atoms with E-state index in [2.05, 4.69) is 43.8 Å². The minimum Gasteiger partial charge on any atom is -0.0991 e. The summed E-state index contributed by atoms with van der Waals surface area (Å²) in [6.07, 6.45) is 13.4. The SMILES string of the molecule is C=CC=CCCCc1cccc(CCCC)c1. The predicted octanol–water partition coefficient (Wildman–Crippen LogP) is 5.09. The Hall–Kier alpha value is -1.30. The molecule has 0 amide bonds. The first-order valence-electron chi connectivity index (χ1n) is 6.72. The molecule has 17 heavy (non-hydrogen) atoms. The van der Waals surface area contributed by atoms with E-state index >= 15 is 0 Å². The molecule has 1 rings (SSSR count). The molecule has 0 N–H and O–H groups in total. The lowest BCUT2D eigenvalue weighted by Gasteiger charge is -2.04. The van der Waals surface area contributed by atoms with Crippen LogP contribution < -0.4 is 0 Å². The van der Waals surface area contributed by atoms with Crippen molar-refractivity contribution < 1.29 is 0 Å². The van der Waals surface area contributed by atoms with E-state index in [4.69, 9.17) is 0 Å². The Morgan fingerprint density at radius 2 is 1.82 bits per heavy atom. The summed E-state index contributed by atoms with van der Waals surface area (Å²) in [5.74, 6) is 0. The van der Waals surface area contributed by atoms with E-state index in [1.54, 1.807) is 0 Å². The van der Waals surface area contributed by atoms with Crippen LogP contribution in [0.2, 0.25) is 0 Å². The number of allylic oxidation sites excluding steroid dienone is 3. The van der Waals surface area contributed by atoms with E-state index in [1.165, 1.54) is 43.2 Å². The van der Waals surface area contributed by atoms with Gasteiger partial charge in [-0.05, 0) is 43.2 Å². The van der Waals surface area contributed by atoms with Crippen LogP contribution in [0.3, 0.4) is 0 Å². The second-order valence-corrected chi connectivity index (χ2v) is 4.48. The molecule has 92 valence electrons. The van der Waals surface area contributed by atoms with Gasteiger partial charge < -0.3 is 0 Å². The van der Waals surface area contributed by atoms with Crippen molar-refractivity contribution in [2.75, 3.05) is 0 Å². The maximum atomic E-state index is 3.67. The van der Waals surface area contributed by atoms with Gasteiger partial charge in [0, 0.05) is 0 Å². The Balaban J connectivity index is 2.37. The van der Waals surface area contributed by atoms with Crippen LogP contribution in [-0.4, -0.2) is 0 Å². The Morgan fingerprint density at radius 1 is 1.12 bits per heavy atom. The minimum absolute atomic E-state index is 1.14. The summed E-state index contributed by atoms with van der Waals surface area (Å²) < 4.78 is 0. The van der Waals surface area contributed by atoms with Crippen molar-refractivity contribution in [3.8, 4) is 0 Å². The van der Waals surface area contributed by atoms with Gasteiger partial charge in [0.15, 0.2) is 0 Å². The van der Waals surface area contributed by atoms with Gasteiger partial charge in [-0.15, -0.1) is 0 Å². The molecule has 0 aliphatic carbocycles. The van der Waals surface area contributed by atoms with Crippen LogP contribution in [0, 0.1) is 0 Å². The van der Waals surface area contributed by atoms with E-state index in [-0.39, 0.29) is 0 Å². The molecule has 0 heterocycles. The molecule has 0 saturated heterocycles. The molecule has 1 aromatic rings. The Bertz CT molecular complexity index is 347. The van der Waals surface area contributed by atoms with Crippen LogP contribution in [0.5, 0.6) is 0 Å². The maximum Gasteiger partial charge on any atom is -0.0276 e. The molecule has 0 aliphatic rings. The molecule has 0 unspecified atom stereocenters. The summed E-state index contributed by atoms with van der Waals surface area (Å²) >= 11 is 0. The van der Waals surface area contributed by atoms with Crippen molar-refractivity contribution in [1.29, 1.82) is 0 Å². The smallest absolute Gasteiger partial charge is 0.0276 e. The zero-order valence-corrected chi connectivity index (χ0v) is 11.0. The number of rotatable bonds is 8. The molecule has 0 aromatic heterocycles. The summed E-state index contributed by atoms with van der Waals surface area (Å²) in [4.78, 5) is 0. The highest BCUT2D eigenvalue weighted by Gasteiger charge is 1.96. The molecule has 0 atom stereocenters. The summed E-state index contributed by atoms with van der Waals surface area (Å²) in [7, 11) is 0. The number of unbranched alkanes of at least 4 members (excludes halogenated alkanes) is 2. The lowest BCUT2D eigenvalue weighted by Crippen LogP contribution is -1.89. The van der Waals surface area contributed by atoms with Crippen molar-refractivity contribution in [2.24, 2.45) is 0 Å². The first-order chi connectivity index (χ1) is 8.36. The number of benzene rings is 1. The predicted molar refractivity (Wildman–Crippen MR) is 77.3 cm³/mol. The van der Waals surface area contributed by atoms with E-state index in [0.29, 0.717) is 0 Å². The third-order valence-corrected chi connectivity index (χ3v) is 2.92. The Morgan fingerprint density at radius 3 is 2.47 bits per heavy atom. The van der Waals surface area contributed by atoms with E-state index in [1.807, 2.05) is 12.2 Å². The van der Waals surface area contributed by atoms with Gasteiger partial charge in [-0.25, -0.2) is 0 Å². The van der Waals surface area contributed by atoms with Crippen LogP contribution >= 0.6 is 0 Å². The fourth-order valence-electron chi connectivity index (χ4n) is 1.94. The largest absolute Gasteiger partial charge is 0.0991 e. The zero-order valence-electron chi connectivity index (χ0n) is 11.0. The van der Waals surface area contributed by atoms with Crippen LogP contribution in [0.4, 0.5) is 0 Å². The topological polar surface area (TPSA) is 0 Å². The second kappa shape index (κ2) is 8.81. The summed E-state index contributed by atoms with van der Waals surface area (Å²) in [5, 5.41) is 0. The quantitative estimate of drug-likeness (QED) is 0.429. The van der Waals surface area contributed by atoms with Gasteiger partial charge in [-0.2, -0.15) is 0 Å². The molecule has 0 bridgehead atoms. The molecule has 0 heteroatoms. The van der Waals surface area contributed by atoms with Crippen molar-refractivity contribution in [2.45, 2.75) is 45.4 Å². The maximum absolute atomic E-state index is 3.67. The molecule has 0 nitrogen and oxygen atoms in total. The third kappa shape index (κ3) is 6.11. The monoisotopic (exact) mass is 228 g/mol. The van der Waals surface area contributed by atoms with Crippen LogP contribution in [0.1, 0.15) is 43.7 Å². The van der Waals surface area contributed by atoms with Crippen molar-refractivity contribution in [3.05, 3.63) is 60.2 Å². The van der Waals surface area contributed by atoms with Crippen molar-refractivity contribution in [3.63, 3.8) is 0 Å². The molecular weight excluding hydrogens is 204 g/mol. The van der Waals surface area contributed by atoms with Crippen molar-refractivity contribution in [1.82, 2.24) is 0 Å². The Labute approximate surface area is 106 Å². The molecule has 0 aliphatic heterocycles. The van der Waals surface area contributed by atoms with Gasteiger partial charge in [0.2, 0.25) is 0 Å². The fraction of sp³-hybridized carbons (Fsp3) is 0.412. The first-order valence-corrected chi connectivity index (χ1v) is 6.72. The third-order valence-electron chi connectivity index (χ3n) is 2.92. The van der Waals surface area contributed by atoms with E-state index < -0.39 is 0 Å². The summed E-state index contributed by atoms with van der Waals surface area (Å²) in [6, 6.07) is 9.05. The van der Waals surface area contributed by atoms with E-state index in [9.17, 15) is 0 Å². The molecule has 0 radical (unpaired) electrons. The van der Waals surface area contributed by atoms with Gasteiger partial charge >= 0.3 is 0 Å². The second-order valence-electron chi connectivity index (χ2n) is 4.48. The standard InChI is InChI=1S/C17H24/c1-3-5-7-8-9-12-17-14-10-13-16(15-17)11-6-4-2/h3,5,7,10,13-15H,1,4,6,8-9,11-12H2,2H3. The molecule has 0 fully saturated rings. The molecule has 0 spiro atoms. The van der Waals surface area contributed by atoms with Crippen LogP contribution in [-0.2, 0) is 12.8 Å². The van der Waals surface area contributed by atoms with Crippen molar-refractivity contribution >= 4 is 0 Å². The highest BCUT2D eigenvalue weighted by molar-refractivity contribution is 5.23. The van der Waals surface area contributed by atoms with Gasteiger partial charge in [-0.3, -0.25) is 0 Å². The highest BCUT2D eigenvalue weighted by Crippen LogP contribution is 2.11. The summed E-state index contributed by atoms with van der Waals surface area (Å²) in [5.41, 5.74) is 2.97. The number of hydrogen-bond acceptors (Lipinski definition) is 0. The Kier molecular flexibility index (Phi) is 7.13. The van der Waals surface area contributed by atoms with Gasteiger partial charge in [-0.1, -0.05) is 62.4 Å². The lowest BCUT2D eigenvalue weighted by molar-refractivity contribution is 0.790. The molecular formula is C17H24. The lowest BCUT2D eigenvalue weighted by atomic mass is 10.0. The van der Waals surface area contributed by atoms with Gasteiger partial charge in [0.25, 0.3) is 0 Å². The average Bonchev–Trinajstić information content (AvgIpc) is 2.37. The number of hydrogen-bond donors (Lipinski definition) is 0. The first kappa shape index (κ1) is 13.8. The van der Waals surface area contributed by atoms with E-state index in [0.717, 1.165) is 6.42 Å². The minimum atomic E-state index is 1.14. The average molecular weight is 228 g/mol. The van der Waals surface area contributed by atoms with Gasteiger partial charge in [0.05, 0.1) is 0 Å². The molecule has 0 saturated carbocycles. The van der Waals surface area contributed by atoms with Crippen LogP contribution in [0.15, 0.2) is 49.1 Å². The normalized spacial score (nSPS) is 10.9. The fourth-order valence-corrected chi connectivity index (χ4v) is 1.94. The van der Waals surface area contributed by atoms with Crippen LogP contribution in [0.25, 0.3) is 0 Å². The number of aryl methyl sites for hydroxylation is 2. The molecule has 1 aromatic carbocycles. The zero-order chi connectivity index (χ0) is 12.3. The highest BCUT2D eigenvalue weighted by atomic mass is 14.0.